The average Bonchev–Trinajstić information content (AvgIpc) is 2.27. The molecular weight excluding hydrogens is 271 g/mol. The Kier molecular flexibility index (Phi) is 2.71. The molecule has 4 nitrogen and oxygen atoms in total. The van der Waals surface area contributed by atoms with Crippen molar-refractivity contribution in [3.05, 3.63) is 15.0 Å². The van der Waals surface area contributed by atoms with Crippen LogP contribution in [0.3, 0.4) is 0 Å². The van der Waals surface area contributed by atoms with Crippen molar-refractivity contribution in [2.75, 3.05) is 0 Å². The minimum Gasteiger partial charge on any atom is -0.476 e. The molecule has 0 aliphatic heterocycles. The number of rotatable bonds is 2. The largest absolute Gasteiger partial charge is 0.476 e. The van der Waals surface area contributed by atoms with Gasteiger partial charge in [-0.25, -0.2) is 4.79 Å². The van der Waals surface area contributed by atoms with Gasteiger partial charge in [-0.3, -0.25) is 4.68 Å². The summed E-state index contributed by atoms with van der Waals surface area (Å²) in [5.41, 5.74) is 1.11. The van der Waals surface area contributed by atoms with Crippen LogP contribution in [0.5, 0.6) is 0 Å². The van der Waals surface area contributed by atoms with E-state index in [-0.39, 0.29) is 5.69 Å². The number of aromatic carboxylic acids is 1. The molecule has 0 atom stereocenters. The van der Waals surface area contributed by atoms with Crippen molar-refractivity contribution < 1.29 is 9.90 Å². The van der Waals surface area contributed by atoms with E-state index in [0.717, 1.165) is 15.7 Å². The van der Waals surface area contributed by atoms with Gasteiger partial charge >= 0.3 is 5.97 Å². The standard InChI is InChI=1S/C7H9IN2O2/c1-3-4-5(8)6(7(11)12)9-10(4)2/h3H2,1-2H3,(H,11,12). The van der Waals surface area contributed by atoms with Gasteiger partial charge in [0.2, 0.25) is 0 Å². The van der Waals surface area contributed by atoms with E-state index in [1.165, 1.54) is 0 Å². The predicted octanol–water partition coefficient (Wildman–Crippen LogP) is 1.29. The zero-order chi connectivity index (χ0) is 9.30. The molecule has 1 aromatic rings. The number of hydrogen-bond donors (Lipinski definition) is 1. The second-order valence-corrected chi connectivity index (χ2v) is 3.47. The number of hydrogen-bond acceptors (Lipinski definition) is 2. The van der Waals surface area contributed by atoms with Crippen molar-refractivity contribution >= 4 is 28.6 Å². The van der Waals surface area contributed by atoms with Crippen LogP contribution in [0, 0.1) is 3.57 Å². The quantitative estimate of drug-likeness (QED) is 0.830. The lowest BCUT2D eigenvalue weighted by Gasteiger charge is -1.95. The van der Waals surface area contributed by atoms with Gasteiger partial charge in [-0.05, 0) is 29.0 Å². The second-order valence-electron chi connectivity index (χ2n) is 2.39. The van der Waals surface area contributed by atoms with Crippen LogP contribution in [0.4, 0.5) is 0 Å². The van der Waals surface area contributed by atoms with Gasteiger partial charge < -0.3 is 5.11 Å². The first-order valence-corrected chi connectivity index (χ1v) is 4.60. The summed E-state index contributed by atoms with van der Waals surface area (Å²) in [6.45, 7) is 1.98. The van der Waals surface area contributed by atoms with Crippen molar-refractivity contribution in [2.45, 2.75) is 13.3 Å². The first kappa shape index (κ1) is 9.50. The summed E-state index contributed by atoms with van der Waals surface area (Å²) in [4.78, 5) is 10.6. The maximum Gasteiger partial charge on any atom is 0.357 e. The molecule has 1 heterocycles. The van der Waals surface area contributed by atoms with Gasteiger partial charge in [-0.2, -0.15) is 5.10 Å². The first-order chi connectivity index (χ1) is 5.57. The van der Waals surface area contributed by atoms with Crippen LogP contribution in [-0.2, 0) is 13.5 Å². The van der Waals surface area contributed by atoms with Gasteiger partial charge in [-0.15, -0.1) is 0 Å². The molecule has 0 aliphatic rings. The monoisotopic (exact) mass is 280 g/mol. The van der Waals surface area contributed by atoms with E-state index in [1.54, 1.807) is 11.7 Å². The molecule has 0 saturated heterocycles. The van der Waals surface area contributed by atoms with Crippen molar-refractivity contribution in [3.63, 3.8) is 0 Å². The van der Waals surface area contributed by atoms with E-state index < -0.39 is 5.97 Å². The van der Waals surface area contributed by atoms with Crippen LogP contribution < -0.4 is 0 Å². The van der Waals surface area contributed by atoms with E-state index >= 15 is 0 Å². The molecule has 0 unspecified atom stereocenters. The number of carboxylic acids is 1. The third-order valence-corrected chi connectivity index (χ3v) is 2.77. The summed E-state index contributed by atoms with van der Waals surface area (Å²) in [6.07, 6.45) is 0.801. The summed E-state index contributed by atoms with van der Waals surface area (Å²) in [5, 5.41) is 12.6. The van der Waals surface area contributed by atoms with E-state index in [0.29, 0.717) is 0 Å². The van der Waals surface area contributed by atoms with Gasteiger partial charge in [-0.1, -0.05) is 6.92 Å². The molecule has 0 aromatic carbocycles. The molecule has 0 bridgehead atoms. The molecule has 5 heteroatoms. The molecule has 1 aromatic heterocycles. The Bertz CT molecular complexity index is 319. The average molecular weight is 280 g/mol. The number of aromatic nitrogens is 2. The Morgan fingerprint density at radius 1 is 1.75 bits per heavy atom. The Balaban J connectivity index is 3.26. The maximum absolute atomic E-state index is 10.6. The molecule has 0 aliphatic carbocycles. The van der Waals surface area contributed by atoms with Crippen LogP contribution in [-0.4, -0.2) is 20.9 Å². The normalized spacial score (nSPS) is 10.2. The molecule has 12 heavy (non-hydrogen) atoms. The number of halogens is 1. The van der Waals surface area contributed by atoms with Gasteiger partial charge in [0.05, 0.1) is 9.26 Å². The fourth-order valence-electron chi connectivity index (χ4n) is 1.05. The predicted molar refractivity (Wildman–Crippen MR) is 52.3 cm³/mol. The fourth-order valence-corrected chi connectivity index (χ4v) is 2.12. The highest BCUT2D eigenvalue weighted by Gasteiger charge is 2.17. The molecular formula is C7H9IN2O2. The van der Waals surface area contributed by atoms with Crippen LogP contribution in [0.1, 0.15) is 23.1 Å². The lowest BCUT2D eigenvalue weighted by molar-refractivity contribution is 0.0688. The summed E-state index contributed by atoms with van der Waals surface area (Å²) < 4.78 is 2.36. The molecule has 0 saturated carbocycles. The fraction of sp³-hybridized carbons (Fsp3) is 0.429. The minimum atomic E-state index is -0.963. The third-order valence-electron chi connectivity index (χ3n) is 1.64. The highest BCUT2D eigenvalue weighted by atomic mass is 127. The topological polar surface area (TPSA) is 55.1 Å². The van der Waals surface area contributed by atoms with E-state index in [1.807, 2.05) is 29.5 Å². The van der Waals surface area contributed by atoms with Crippen molar-refractivity contribution in [1.29, 1.82) is 0 Å². The first-order valence-electron chi connectivity index (χ1n) is 3.52. The zero-order valence-corrected chi connectivity index (χ0v) is 8.99. The summed E-state index contributed by atoms with van der Waals surface area (Å²) in [5.74, 6) is -0.963. The van der Waals surface area contributed by atoms with Gasteiger partial charge in [0.25, 0.3) is 0 Å². The summed E-state index contributed by atoms with van der Waals surface area (Å²) >= 11 is 2.01. The van der Waals surface area contributed by atoms with Crippen molar-refractivity contribution in [2.24, 2.45) is 7.05 Å². The van der Waals surface area contributed by atoms with Crippen LogP contribution in [0.2, 0.25) is 0 Å². The summed E-state index contributed by atoms with van der Waals surface area (Å²) in [6, 6.07) is 0. The highest BCUT2D eigenvalue weighted by molar-refractivity contribution is 14.1. The molecule has 0 fully saturated rings. The molecule has 66 valence electrons. The number of carboxylic acid groups (broad SMARTS) is 1. The SMILES string of the molecule is CCc1c(I)c(C(=O)O)nn1C. The molecule has 0 radical (unpaired) electrons. The van der Waals surface area contributed by atoms with E-state index in [2.05, 4.69) is 5.10 Å². The van der Waals surface area contributed by atoms with Crippen LogP contribution in [0.25, 0.3) is 0 Å². The smallest absolute Gasteiger partial charge is 0.357 e. The van der Waals surface area contributed by atoms with Crippen molar-refractivity contribution in [1.82, 2.24) is 9.78 Å². The lowest BCUT2D eigenvalue weighted by Crippen LogP contribution is -2.00. The van der Waals surface area contributed by atoms with Crippen LogP contribution in [0.15, 0.2) is 0 Å². The third kappa shape index (κ3) is 1.45. The highest BCUT2D eigenvalue weighted by Crippen LogP contribution is 2.16. The minimum absolute atomic E-state index is 0.148. The lowest BCUT2D eigenvalue weighted by atomic mass is 10.3. The van der Waals surface area contributed by atoms with Crippen molar-refractivity contribution in [3.8, 4) is 0 Å². The maximum atomic E-state index is 10.6. The van der Waals surface area contributed by atoms with E-state index in [4.69, 9.17) is 5.11 Å². The summed E-state index contributed by atoms with van der Waals surface area (Å²) in [7, 11) is 1.76. The Morgan fingerprint density at radius 3 is 2.58 bits per heavy atom. The zero-order valence-electron chi connectivity index (χ0n) is 6.83. The molecule has 1 rings (SSSR count). The molecule has 0 spiro atoms. The Labute approximate surface area is 83.7 Å². The van der Waals surface area contributed by atoms with Gasteiger partial charge in [0.15, 0.2) is 5.69 Å². The Hall–Kier alpha value is -0.590. The number of carbonyl (C=O) groups is 1. The van der Waals surface area contributed by atoms with E-state index in [9.17, 15) is 4.79 Å². The van der Waals surface area contributed by atoms with Crippen LogP contribution >= 0.6 is 22.6 Å². The molecule has 0 amide bonds. The number of nitrogens with zero attached hydrogens (tertiary/aromatic N) is 2. The Morgan fingerprint density at radius 2 is 2.33 bits per heavy atom. The van der Waals surface area contributed by atoms with Gasteiger partial charge in [0.1, 0.15) is 0 Å². The molecule has 1 N–H and O–H groups in total. The number of aryl methyl sites for hydroxylation is 1. The van der Waals surface area contributed by atoms with Gasteiger partial charge in [0, 0.05) is 7.05 Å². The second kappa shape index (κ2) is 3.42.